The van der Waals surface area contributed by atoms with Crippen LogP contribution in [0, 0.1) is 13.8 Å². The molecule has 0 radical (unpaired) electrons. The third-order valence-corrected chi connectivity index (χ3v) is 5.42. The zero-order valence-electron chi connectivity index (χ0n) is 16.4. The summed E-state index contributed by atoms with van der Waals surface area (Å²) in [6.07, 6.45) is 1.82. The second-order valence-electron chi connectivity index (χ2n) is 6.46. The zero-order chi connectivity index (χ0) is 20.3. The van der Waals surface area contributed by atoms with Crippen molar-refractivity contribution in [1.29, 1.82) is 0 Å². The van der Waals surface area contributed by atoms with Gasteiger partial charge in [-0.05, 0) is 73.5 Å². The van der Waals surface area contributed by atoms with Crippen LogP contribution in [0.4, 0.5) is 5.69 Å². The maximum atomic E-state index is 12.8. The molecule has 1 amide bonds. The molecule has 0 atom stereocenters. The second-order valence-corrected chi connectivity index (χ2v) is 7.47. The van der Waals surface area contributed by atoms with Crippen LogP contribution < -0.4 is 0 Å². The number of hydrogen-bond donors (Lipinski definition) is 0. The van der Waals surface area contributed by atoms with Crippen molar-refractivity contribution in [3.05, 3.63) is 69.6 Å². The molecule has 0 aliphatic carbocycles. The molecule has 1 fully saturated rings. The number of nitrogens with zero attached hydrogens (tertiary/aromatic N) is 2. The molecule has 5 nitrogen and oxygen atoms in total. The SMILES string of the molecule is CCN1C(=O)/C(=C\c2ccc(C(=O)OC)cc2)SC1=Nc1cc(C)ccc1C. The maximum Gasteiger partial charge on any atom is 0.337 e. The first-order valence-corrected chi connectivity index (χ1v) is 9.80. The van der Waals surface area contributed by atoms with E-state index < -0.39 is 0 Å². The Kier molecular flexibility index (Phi) is 5.99. The molecule has 0 saturated carbocycles. The van der Waals surface area contributed by atoms with Gasteiger partial charge >= 0.3 is 5.97 Å². The van der Waals surface area contributed by atoms with E-state index in [0.717, 1.165) is 22.4 Å². The number of rotatable bonds is 4. The molecular weight excluding hydrogens is 372 g/mol. The Hall–Kier alpha value is -2.86. The van der Waals surface area contributed by atoms with Crippen molar-refractivity contribution in [3.8, 4) is 0 Å². The first-order chi connectivity index (χ1) is 13.4. The van der Waals surface area contributed by atoms with Gasteiger partial charge in [0.2, 0.25) is 0 Å². The smallest absolute Gasteiger partial charge is 0.337 e. The summed E-state index contributed by atoms with van der Waals surface area (Å²) >= 11 is 1.37. The Morgan fingerprint density at radius 1 is 1.18 bits per heavy atom. The molecule has 1 saturated heterocycles. The first-order valence-electron chi connectivity index (χ1n) is 8.98. The number of likely N-dealkylation sites (N-methyl/N-ethyl adjacent to an activating group) is 1. The van der Waals surface area contributed by atoms with Crippen molar-refractivity contribution in [2.24, 2.45) is 4.99 Å². The van der Waals surface area contributed by atoms with E-state index in [9.17, 15) is 9.59 Å². The molecule has 0 unspecified atom stereocenters. The Bertz CT molecular complexity index is 978. The van der Waals surface area contributed by atoms with Gasteiger partial charge in [0.25, 0.3) is 5.91 Å². The van der Waals surface area contributed by atoms with Crippen LogP contribution in [-0.4, -0.2) is 35.6 Å². The van der Waals surface area contributed by atoms with E-state index in [4.69, 9.17) is 9.73 Å². The van der Waals surface area contributed by atoms with E-state index in [1.54, 1.807) is 29.2 Å². The normalized spacial score (nSPS) is 16.9. The van der Waals surface area contributed by atoms with Crippen molar-refractivity contribution in [3.63, 3.8) is 0 Å². The van der Waals surface area contributed by atoms with E-state index in [-0.39, 0.29) is 11.9 Å². The largest absolute Gasteiger partial charge is 0.465 e. The third kappa shape index (κ3) is 4.17. The monoisotopic (exact) mass is 394 g/mol. The Balaban J connectivity index is 1.91. The fourth-order valence-electron chi connectivity index (χ4n) is 2.80. The highest BCUT2D eigenvalue weighted by Gasteiger charge is 2.32. The second kappa shape index (κ2) is 8.44. The molecule has 0 spiro atoms. The molecule has 0 aromatic heterocycles. The van der Waals surface area contributed by atoms with E-state index in [1.807, 2.05) is 45.0 Å². The van der Waals surface area contributed by atoms with Crippen LogP contribution >= 0.6 is 11.8 Å². The number of benzene rings is 2. The van der Waals surface area contributed by atoms with Gasteiger partial charge in [-0.1, -0.05) is 24.3 Å². The number of aliphatic imine (C=N–C) groups is 1. The number of carbonyl (C=O) groups excluding carboxylic acids is 2. The van der Waals surface area contributed by atoms with E-state index in [1.165, 1.54) is 18.9 Å². The van der Waals surface area contributed by atoms with Crippen LogP contribution in [0.15, 0.2) is 52.4 Å². The summed E-state index contributed by atoms with van der Waals surface area (Å²) in [5.74, 6) is -0.445. The Morgan fingerprint density at radius 3 is 2.54 bits per heavy atom. The van der Waals surface area contributed by atoms with Crippen molar-refractivity contribution in [1.82, 2.24) is 4.90 Å². The lowest BCUT2D eigenvalue weighted by molar-refractivity contribution is -0.122. The number of amides is 1. The van der Waals surface area contributed by atoms with E-state index >= 15 is 0 Å². The number of methoxy groups -OCH3 is 1. The lowest BCUT2D eigenvalue weighted by atomic mass is 10.1. The molecule has 144 valence electrons. The van der Waals surface area contributed by atoms with Gasteiger partial charge < -0.3 is 4.74 Å². The number of aryl methyl sites for hydroxylation is 2. The van der Waals surface area contributed by atoms with Gasteiger partial charge in [-0.3, -0.25) is 9.69 Å². The summed E-state index contributed by atoms with van der Waals surface area (Å²) in [4.78, 5) is 31.4. The molecule has 0 N–H and O–H groups in total. The lowest BCUT2D eigenvalue weighted by Crippen LogP contribution is -2.28. The topological polar surface area (TPSA) is 59.0 Å². The fraction of sp³-hybridized carbons (Fsp3) is 0.227. The lowest BCUT2D eigenvalue weighted by Gasteiger charge is -2.12. The van der Waals surface area contributed by atoms with Gasteiger partial charge in [0, 0.05) is 6.54 Å². The number of hydrogen-bond acceptors (Lipinski definition) is 5. The highest BCUT2D eigenvalue weighted by molar-refractivity contribution is 8.18. The molecule has 3 rings (SSSR count). The molecule has 1 heterocycles. The first kappa shape index (κ1) is 19.9. The summed E-state index contributed by atoms with van der Waals surface area (Å²) in [6, 6.07) is 13.1. The molecule has 0 bridgehead atoms. The average molecular weight is 394 g/mol. The van der Waals surface area contributed by atoms with Crippen LogP contribution in [0.1, 0.15) is 34.0 Å². The number of thioether (sulfide) groups is 1. The van der Waals surface area contributed by atoms with Crippen molar-refractivity contribution in [2.45, 2.75) is 20.8 Å². The van der Waals surface area contributed by atoms with Crippen LogP contribution in [0.25, 0.3) is 6.08 Å². The predicted octanol–water partition coefficient (Wildman–Crippen LogP) is 4.71. The highest BCUT2D eigenvalue weighted by Crippen LogP contribution is 2.34. The fourth-order valence-corrected chi connectivity index (χ4v) is 3.85. The third-order valence-electron chi connectivity index (χ3n) is 4.41. The molecule has 1 aliphatic heterocycles. The average Bonchev–Trinajstić information content (AvgIpc) is 2.99. The molecule has 2 aromatic carbocycles. The van der Waals surface area contributed by atoms with Gasteiger partial charge in [0.1, 0.15) is 0 Å². The molecular formula is C22H22N2O3S. The number of carbonyl (C=O) groups is 2. The number of ether oxygens (including phenoxy) is 1. The van der Waals surface area contributed by atoms with Gasteiger partial charge in [-0.25, -0.2) is 9.79 Å². The quantitative estimate of drug-likeness (QED) is 0.556. The van der Waals surface area contributed by atoms with Crippen LogP contribution in [0.2, 0.25) is 0 Å². The summed E-state index contributed by atoms with van der Waals surface area (Å²) < 4.78 is 4.71. The van der Waals surface area contributed by atoms with Gasteiger partial charge in [-0.15, -0.1) is 0 Å². The van der Waals surface area contributed by atoms with Gasteiger partial charge in [-0.2, -0.15) is 0 Å². The molecule has 1 aliphatic rings. The molecule has 6 heteroatoms. The summed E-state index contributed by atoms with van der Waals surface area (Å²) in [5.41, 5.74) is 4.38. The van der Waals surface area contributed by atoms with Crippen LogP contribution in [0.5, 0.6) is 0 Å². The van der Waals surface area contributed by atoms with E-state index in [2.05, 4.69) is 0 Å². The van der Waals surface area contributed by atoms with Gasteiger partial charge in [0.15, 0.2) is 5.17 Å². The maximum absolute atomic E-state index is 12.8. The van der Waals surface area contributed by atoms with E-state index in [0.29, 0.717) is 22.2 Å². The molecule has 28 heavy (non-hydrogen) atoms. The van der Waals surface area contributed by atoms with Crippen LogP contribution in [-0.2, 0) is 9.53 Å². The minimum atomic E-state index is -0.384. The zero-order valence-corrected chi connectivity index (χ0v) is 17.2. The van der Waals surface area contributed by atoms with Crippen molar-refractivity contribution < 1.29 is 14.3 Å². The minimum absolute atomic E-state index is 0.0615. The standard InChI is InChI=1S/C22H22N2O3S/c1-5-24-20(25)19(13-16-8-10-17(11-9-16)21(26)27-4)28-22(24)23-18-12-14(2)6-7-15(18)3/h6-13H,5H2,1-4H3/b19-13+,23-22?. The minimum Gasteiger partial charge on any atom is -0.465 e. The number of esters is 1. The molecule has 2 aromatic rings. The highest BCUT2D eigenvalue weighted by atomic mass is 32.2. The summed E-state index contributed by atoms with van der Waals surface area (Å²) in [6.45, 7) is 6.52. The summed E-state index contributed by atoms with van der Waals surface area (Å²) in [5, 5.41) is 0.679. The number of amidine groups is 1. The van der Waals surface area contributed by atoms with Crippen molar-refractivity contribution in [2.75, 3.05) is 13.7 Å². The van der Waals surface area contributed by atoms with Gasteiger partial charge in [0.05, 0.1) is 23.3 Å². The predicted molar refractivity (Wildman–Crippen MR) is 114 cm³/mol. The Morgan fingerprint density at radius 2 is 1.89 bits per heavy atom. The Labute approximate surface area is 169 Å². The van der Waals surface area contributed by atoms with Crippen molar-refractivity contribution >= 4 is 40.6 Å². The summed E-state index contributed by atoms with van der Waals surface area (Å²) in [7, 11) is 1.35. The van der Waals surface area contributed by atoms with Crippen LogP contribution in [0.3, 0.4) is 0 Å².